The fourth-order valence-electron chi connectivity index (χ4n) is 2.25. The van der Waals surface area contributed by atoms with E-state index in [9.17, 15) is 9.90 Å². The topological polar surface area (TPSA) is 72.5 Å². The summed E-state index contributed by atoms with van der Waals surface area (Å²) in [5, 5.41) is 9.21. The Morgan fingerprint density at radius 1 is 1.41 bits per heavy atom. The Morgan fingerprint density at radius 3 is 2.65 bits per heavy atom. The second-order valence-electron chi connectivity index (χ2n) is 4.48. The van der Waals surface area contributed by atoms with E-state index >= 15 is 0 Å². The van der Waals surface area contributed by atoms with Gasteiger partial charge in [-0.3, -0.25) is 0 Å². The lowest BCUT2D eigenvalue weighted by molar-refractivity contribution is 0.0688. The Balaban J connectivity index is 2.32. The number of nitrogens with two attached hydrogens (primary N) is 1. The number of anilines is 1. The molecule has 4 nitrogen and oxygen atoms in total. The summed E-state index contributed by atoms with van der Waals surface area (Å²) in [5.41, 5.74) is 6.97. The van der Waals surface area contributed by atoms with E-state index in [1.165, 1.54) is 0 Å². The third-order valence-electron chi connectivity index (χ3n) is 3.28. The molecule has 1 aromatic rings. The number of carbonyl (C=O) groups is 1. The molecule has 0 aliphatic heterocycles. The van der Waals surface area contributed by atoms with Crippen LogP contribution in [-0.4, -0.2) is 17.2 Å². The lowest BCUT2D eigenvalue weighted by atomic mass is 10.1. The monoisotopic (exact) mass is 235 g/mol. The van der Waals surface area contributed by atoms with E-state index in [1.807, 2.05) is 0 Å². The van der Waals surface area contributed by atoms with Crippen LogP contribution in [0.4, 0.5) is 5.69 Å². The van der Waals surface area contributed by atoms with Crippen molar-refractivity contribution < 1.29 is 14.6 Å². The summed E-state index contributed by atoms with van der Waals surface area (Å²) in [5.74, 6) is -0.543. The van der Waals surface area contributed by atoms with Crippen LogP contribution in [0.5, 0.6) is 5.75 Å². The van der Waals surface area contributed by atoms with Crippen molar-refractivity contribution in [3.63, 3.8) is 0 Å². The zero-order valence-corrected chi connectivity index (χ0v) is 9.90. The molecule has 1 aliphatic carbocycles. The number of carboxylic acids is 1. The summed E-state index contributed by atoms with van der Waals surface area (Å²) < 4.78 is 5.77. The second kappa shape index (κ2) is 4.65. The maximum atomic E-state index is 11.2. The molecule has 3 N–H and O–H groups in total. The zero-order valence-electron chi connectivity index (χ0n) is 9.90. The molecule has 1 aromatic carbocycles. The Labute approximate surface area is 100 Å². The molecule has 0 spiro atoms. The molecular formula is C13H17NO3. The molecule has 1 aliphatic rings. The van der Waals surface area contributed by atoms with Gasteiger partial charge in [0.05, 0.1) is 6.10 Å². The molecule has 2 rings (SSSR count). The molecule has 0 aromatic heterocycles. The molecule has 1 fully saturated rings. The quantitative estimate of drug-likeness (QED) is 0.790. The minimum atomic E-state index is -0.984. The normalized spacial score (nSPS) is 16.1. The average molecular weight is 235 g/mol. The summed E-state index contributed by atoms with van der Waals surface area (Å²) in [6.45, 7) is 1.71. The van der Waals surface area contributed by atoms with E-state index < -0.39 is 5.97 Å². The summed E-state index contributed by atoms with van der Waals surface area (Å²) in [4.78, 5) is 11.2. The smallest absolute Gasteiger partial charge is 0.339 e. The summed E-state index contributed by atoms with van der Waals surface area (Å²) in [6.07, 6.45) is 4.46. The van der Waals surface area contributed by atoms with Crippen molar-refractivity contribution >= 4 is 11.7 Å². The molecule has 17 heavy (non-hydrogen) atoms. The van der Waals surface area contributed by atoms with Gasteiger partial charge in [0.15, 0.2) is 0 Å². The fourth-order valence-corrected chi connectivity index (χ4v) is 2.25. The predicted molar refractivity (Wildman–Crippen MR) is 65.4 cm³/mol. The van der Waals surface area contributed by atoms with Crippen molar-refractivity contribution in [1.29, 1.82) is 0 Å². The number of aromatic carboxylic acids is 1. The first kappa shape index (κ1) is 11.8. The number of ether oxygens (including phenoxy) is 1. The molecule has 0 unspecified atom stereocenters. The van der Waals surface area contributed by atoms with Crippen molar-refractivity contribution in [2.75, 3.05) is 5.73 Å². The van der Waals surface area contributed by atoms with Crippen LogP contribution >= 0.6 is 0 Å². The number of rotatable bonds is 3. The Morgan fingerprint density at radius 2 is 2.06 bits per heavy atom. The lowest BCUT2D eigenvalue weighted by Gasteiger charge is -2.17. The molecule has 1 saturated carbocycles. The molecule has 0 heterocycles. The maximum Gasteiger partial charge on any atom is 0.339 e. The number of nitrogen functional groups attached to an aromatic ring is 1. The molecular weight excluding hydrogens is 218 g/mol. The van der Waals surface area contributed by atoms with Gasteiger partial charge in [0.2, 0.25) is 0 Å². The van der Waals surface area contributed by atoms with Gasteiger partial charge < -0.3 is 15.6 Å². The maximum absolute atomic E-state index is 11.2. The van der Waals surface area contributed by atoms with Crippen LogP contribution in [0, 0.1) is 6.92 Å². The first-order valence-corrected chi connectivity index (χ1v) is 5.88. The first-order valence-electron chi connectivity index (χ1n) is 5.88. The van der Waals surface area contributed by atoms with Gasteiger partial charge >= 0.3 is 5.97 Å². The van der Waals surface area contributed by atoms with Crippen molar-refractivity contribution in [1.82, 2.24) is 0 Å². The number of carboxylic acid groups (broad SMARTS) is 1. The van der Waals surface area contributed by atoms with Gasteiger partial charge in [0.1, 0.15) is 11.3 Å². The van der Waals surface area contributed by atoms with E-state index in [4.69, 9.17) is 10.5 Å². The number of hydrogen-bond acceptors (Lipinski definition) is 3. The highest BCUT2D eigenvalue weighted by Crippen LogP contribution is 2.30. The third-order valence-corrected chi connectivity index (χ3v) is 3.28. The average Bonchev–Trinajstić information content (AvgIpc) is 2.76. The minimum Gasteiger partial charge on any atom is -0.490 e. The van der Waals surface area contributed by atoms with Crippen molar-refractivity contribution in [3.8, 4) is 5.75 Å². The highest BCUT2D eigenvalue weighted by Gasteiger charge is 2.21. The largest absolute Gasteiger partial charge is 0.490 e. The minimum absolute atomic E-state index is 0.149. The number of benzene rings is 1. The Kier molecular flexibility index (Phi) is 3.22. The summed E-state index contributed by atoms with van der Waals surface area (Å²) in [7, 11) is 0. The van der Waals surface area contributed by atoms with E-state index in [0.717, 1.165) is 25.7 Å². The predicted octanol–water partition coefficient (Wildman–Crippen LogP) is 2.60. The van der Waals surface area contributed by atoms with E-state index in [-0.39, 0.29) is 11.7 Å². The molecule has 4 heteroatoms. The molecule has 0 saturated heterocycles. The standard InChI is InChI=1S/C13H17NO3/c1-8-10(14)6-7-11(12(8)13(15)16)17-9-4-2-3-5-9/h6-7,9H,2-5,14H2,1H3,(H,15,16). The van der Waals surface area contributed by atoms with Crippen LogP contribution in [0.3, 0.4) is 0 Å². The number of hydrogen-bond donors (Lipinski definition) is 2. The van der Waals surface area contributed by atoms with Gasteiger partial charge in [-0.15, -0.1) is 0 Å². The van der Waals surface area contributed by atoms with Gasteiger partial charge in [-0.2, -0.15) is 0 Å². The highest BCUT2D eigenvalue weighted by molar-refractivity contribution is 5.94. The van der Waals surface area contributed by atoms with E-state index in [1.54, 1.807) is 19.1 Å². The molecule has 0 radical (unpaired) electrons. The van der Waals surface area contributed by atoms with Gasteiger partial charge in [0.25, 0.3) is 0 Å². The van der Waals surface area contributed by atoms with Gasteiger partial charge in [-0.1, -0.05) is 0 Å². The van der Waals surface area contributed by atoms with Gasteiger partial charge in [-0.05, 0) is 50.3 Å². The van der Waals surface area contributed by atoms with Crippen LogP contribution in [-0.2, 0) is 0 Å². The summed E-state index contributed by atoms with van der Waals surface area (Å²) in [6, 6.07) is 3.36. The van der Waals surface area contributed by atoms with Gasteiger partial charge in [0, 0.05) is 5.69 Å². The summed E-state index contributed by atoms with van der Waals surface area (Å²) >= 11 is 0. The zero-order chi connectivity index (χ0) is 12.4. The Hall–Kier alpha value is -1.71. The van der Waals surface area contributed by atoms with Crippen LogP contribution in [0.2, 0.25) is 0 Å². The van der Waals surface area contributed by atoms with E-state index in [2.05, 4.69) is 0 Å². The molecule has 0 atom stereocenters. The van der Waals surface area contributed by atoms with Crippen molar-refractivity contribution in [3.05, 3.63) is 23.3 Å². The highest BCUT2D eigenvalue weighted by atomic mass is 16.5. The first-order chi connectivity index (χ1) is 8.09. The van der Waals surface area contributed by atoms with Crippen LogP contribution < -0.4 is 10.5 Å². The molecule has 0 bridgehead atoms. The van der Waals surface area contributed by atoms with Crippen molar-refractivity contribution in [2.45, 2.75) is 38.7 Å². The lowest BCUT2D eigenvalue weighted by Crippen LogP contribution is -2.15. The fraction of sp³-hybridized carbons (Fsp3) is 0.462. The second-order valence-corrected chi connectivity index (χ2v) is 4.48. The van der Waals surface area contributed by atoms with Gasteiger partial charge in [-0.25, -0.2) is 4.79 Å². The van der Waals surface area contributed by atoms with Crippen LogP contribution in [0.1, 0.15) is 41.6 Å². The molecule has 92 valence electrons. The third kappa shape index (κ3) is 2.35. The molecule has 0 amide bonds. The Bertz CT molecular complexity index is 437. The SMILES string of the molecule is Cc1c(N)ccc(OC2CCCC2)c1C(=O)O. The van der Waals surface area contributed by atoms with Crippen molar-refractivity contribution in [2.24, 2.45) is 0 Å². The van der Waals surface area contributed by atoms with Crippen LogP contribution in [0.15, 0.2) is 12.1 Å². The van der Waals surface area contributed by atoms with Crippen LogP contribution in [0.25, 0.3) is 0 Å². The van der Waals surface area contributed by atoms with E-state index in [0.29, 0.717) is 17.0 Å².